The molecule has 0 saturated carbocycles. The number of nitrogens with zero attached hydrogens (tertiary/aromatic N) is 4. The van der Waals surface area contributed by atoms with Gasteiger partial charge in [-0.05, 0) is 12.1 Å². The maximum absolute atomic E-state index is 13.8. The molecule has 0 aliphatic carbocycles. The van der Waals surface area contributed by atoms with Gasteiger partial charge in [0, 0.05) is 39.2 Å². The van der Waals surface area contributed by atoms with E-state index < -0.39 is 26.6 Å². The van der Waals surface area contributed by atoms with Gasteiger partial charge in [-0.25, -0.2) is 17.2 Å². The highest BCUT2D eigenvalue weighted by molar-refractivity contribution is 7.89. The monoisotopic (exact) mass is 358 g/mol. The fraction of sp³-hybridized carbons (Fsp3) is 0.429. The molecule has 0 bridgehead atoms. The highest BCUT2D eigenvalue weighted by atomic mass is 32.2. The molecule has 7 nitrogen and oxygen atoms in total. The van der Waals surface area contributed by atoms with Crippen LogP contribution >= 0.6 is 0 Å². The zero-order chi connectivity index (χ0) is 17.3. The summed E-state index contributed by atoms with van der Waals surface area (Å²) in [5.41, 5.74) is 0. The van der Waals surface area contributed by atoms with E-state index in [0.29, 0.717) is 37.5 Å². The molecule has 3 rings (SSSR count). The summed E-state index contributed by atoms with van der Waals surface area (Å²) in [4.78, 5) is 1.46. The second kappa shape index (κ2) is 6.54. The van der Waals surface area contributed by atoms with Crippen LogP contribution in [-0.2, 0) is 16.6 Å². The Morgan fingerprint density at radius 3 is 2.46 bits per heavy atom. The topological polar surface area (TPSA) is 79.5 Å². The van der Waals surface area contributed by atoms with Gasteiger partial charge < -0.3 is 4.42 Å². The summed E-state index contributed by atoms with van der Waals surface area (Å²) in [6.07, 6.45) is 0. The number of aryl methyl sites for hydroxylation is 1. The van der Waals surface area contributed by atoms with Crippen molar-refractivity contribution in [3.63, 3.8) is 0 Å². The van der Waals surface area contributed by atoms with Crippen molar-refractivity contribution in [3.05, 3.63) is 41.6 Å². The molecule has 0 atom stereocenters. The highest BCUT2D eigenvalue weighted by Gasteiger charge is 2.31. The van der Waals surface area contributed by atoms with E-state index in [-0.39, 0.29) is 13.1 Å². The number of benzene rings is 1. The molecule has 1 fully saturated rings. The third-order valence-electron chi connectivity index (χ3n) is 3.77. The fourth-order valence-electron chi connectivity index (χ4n) is 2.54. The number of halogens is 2. The molecule has 0 unspecified atom stereocenters. The van der Waals surface area contributed by atoms with Crippen LogP contribution in [0.4, 0.5) is 8.78 Å². The Hall–Kier alpha value is -1.91. The molecule has 1 aliphatic heterocycles. The molecule has 0 N–H and O–H groups in total. The summed E-state index contributed by atoms with van der Waals surface area (Å²) in [7, 11) is -3.99. The van der Waals surface area contributed by atoms with Crippen LogP contribution in [0, 0.1) is 18.6 Å². The molecular weight excluding hydrogens is 342 g/mol. The molecule has 24 heavy (non-hydrogen) atoms. The predicted octanol–water partition coefficient (Wildman–Crippen LogP) is 1.16. The van der Waals surface area contributed by atoms with Gasteiger partial charge in [-0.3, -0.25) is 4.90 Å². The van der Waals surface area contributed by atoms with Crippen LogP contribution in [0.5, 0.6) is 0 Å². The summed E-state index contributed by atoms with van der Waals surface area (Å²) in [6, 6.07) is 2.46. The lowest BCUT2D eigenvalue weighted by Gasteiger charge is -2.33. The zero-order valence-corrected chi connectivity index (χ0v) is 13.8. The van der Waals surface area contributed by atoms with E-state index in [2.05, 4.69) is 10.2 Å². The summed E-state index contributed by atoms with van der Waals surface area (Å²) in [6.45, 7) is 3.42. The lowest BCUT2D eigenvalue weighted by Crippen LogP contribution is -2.48. The van der Waals surface area contributed by atoms with Crippen LogP contribution in [-0.4, -0.2) is 54.0 Å². The normalized spacial score (nSPS) is 17.3. The lowest BCUT2D eigenvalue weighted by atomic mass is 10.3. The summed E-state index contributed by atoms with van der Waals surface area (Å²) >= 11 is 0. The number of rotatable bonds is 4. The Morgan fingerprint density at radius 1 is 1.17 bits per heavy atom. The van der Waals surface area contributed by atoms with E-state index in [1.165, 1.54) is 4.31 Å². The van der Waals surface area contributed by atoms with Crippen molar-refractivity contribution in [2.75, 3.05) is 26.2 Å². The van der Waals surface area contributed by atoms with Gasteiger partial charge in [-0.1, -0.05) is 0 Å². The first kappa shape index (κ1) is 16.9. The van der Waals surface area contributed by atoms with Crippen LogP contribution in [0.1, 0.15) is 11.8 Å². The van der Waals surface area contributed by atoms with Crippen molar-refractivity contribution in [2.24, 2.45) is 0 Å². The minimum atomic E-state index is -3.99. The Morgan fingerprint density at radius 2 is 1.88 bits per heavy atom. The molecule has 2 heterocycles. The van der Waals surface area contributed by atoms with E-state index in [0.717, 1.165) is 12.1 Å². The molecule has 0 amide bonds. The van der Waals surface area contributed by atoms with E-state index >= 15 is 0 Å². The first-order chi connectivity index (χ1) is 11.4. The molecule has 1 aromatic heterocycles. The van der Waals surface area contributed by atoms with Crippen molar-refractivity contribution in [1.82, 2.24) is 19.4 Å². The standard InChI is InChI=1S/C14H16F2N4O3S/c1-10-17-18-14(23-10)9-19-4-6-20(7-5-19)24(21,22)13-3-2-11(15)8-12(13)16/h2-3,8H,4-7,9H2,1H3. The minimum Gasteiger partial charge on any atom is -0.424 e. The van der Waals surface area contributed by atoms with Crippen molar-refractivity contribution in [2.45, 2.75) is 18.4 Å². The van der Waals surface area contributed by atoms with E-state index in [1.807, 2.05) is 4.90 Å². The molecule has 0 radical (unpaired) electrons. The van der Waals surface area contributed by atoms with E-state index in [4.69, 9.17) is 4.42 Å². The van der Waals surface area contributed by atoms with E-state index in [1.54, 1.807) is 6.92 Å². The summed E-state index contributed by atoms with van der Waals surface area (Å²) in [5.74, 6) is -0.962. The van der Waals surface area contributed by atoms with Gasteiger partial charge in [0.05, 0.1) is 6.54 Å². The number of hydrogen-bond acceptors (Lipinski definition) is 6. The van der Waals surface area contributed by atoms with Crippen molar-refractivity contribution in [1.29, 1.82) is 0 Å². The van der Waals surface area contributed by atoms with Gasteiger partial charge in [-0.2, -0.15) is 4.31 Å². The first-order valence-electron chi connectivity index (χ1n) is 7.33. The fourth-order valence-corrected chi connectivity index (χ4v) is 4.01. The summed E-state index contributed by atoms with van der Waals surface area (Å²) < 4.78 is 58.2. The number of sulfonamides is 1. The quantitative estimate of drug-likeness (QED) is 0.816. The number of piperazine rings is 1. The molecule has 1 saturated heterocycles. The zero-order valence-electron chi connectivity index (χ0n) is 12.9. The Kier molecular flexibility index (Phi) is 4.61. The minimum absolute atomic E-state index is 0.201. The van der Waals surface area contributed by atoms with E-state index in [9.17, 15) is 17.2 Å². The number of hydrogen-bond donors (Lipinski definition) is 0. The molecule has 2 aromatic rings. The smallest absolute Gasteiger partial charge is 0.246 e. The molecule has 1 aromatic carbocycles. The lowest BCUT2D eigenvalue weighted by molar-refractivity contribution is 0.167. The molecular formula is C14H16F2N4O3S. The van der Waals surface area contributed by atoms with Gasteiger partial charge in [0.25, 0.3) is 0 Å². The van der Waals surface area contributed by atoms with Crippen LogP contribution in [0.25, 0.3) is 0 Å². The predicted molar refractivity (Wildman–Crippen MR) is 79.4 cm³/mol. The molecule has 1 aliphatic rings. The third kappa shape index (κ3) is 3.45. The Bertz CT molecular complexity index is 832. The Balaban J connectivity index is 1.67. The van der Waals surface area contributed by atoms with Crippen LogP contribution in [0.3, 0.4) is 0 Å². The maximum Gasteiger partial charge on any atom is 0.246 e. The maximum atomic E-state index is 13.8. The first-order valence-corrected chi connectivity index (χ1v) is 8.77. The van der Waals surface area contributed by atoms with Crippen LogP contribution < -0.4 is 0 Å². The van der Waals surface area contributed by atoms with Crippen molar-refractivity contribution < 1.29 is 21.6 Å². The van der Waals surface area contributed by atoms with Gasteiger partial charge >= 0.3 is 0 Å². The van der Waals surface area contributed by atoms with Crippen molar-refractivity contribution >= 4 is 10.0 Å². The van der Waals surface area contributed by atoms with Gasteiger partial charge in [0.1, 0.15) is 16.5 Å². The van der Waals surface area contributed by atoms with Crippen LogP contribution in [0.2, 0.25) is 0 Å². The summed E-state index contributed by atoms with van der Waals surface area (Å²) in [5, 5.41) is 7.64. The second-order valence-corrected chi connectivity index (χ2v) is 7.38. The molecule has 0 spiro atoms. The molecule has 10 heteroatoms. The highest BCUT2D eigenvalue weighted by Crippen LogP contribution is 2.21. The SMILES string of the molecule is Cc1nnc(CN2CCN(S(=O)(=O)c3ccc(F)cc3F)CC2)o1. The Labute approximate surface area is 137 Å². The van der Waals surface area contributed by atoms with Gasteiger partial charge in [-0.15, -0.1) is 10.2 Å². The van der Waals surface area contributed by atoms with Gasteiger partial charge in [0.15, 0.2) is 0 Å². The van der Waals surface area contributed by atoms with Crippen LogP contribution in [0.15, 0.2) is 27.5 Å². The largest absolute Gasteiger partial charge is 0.424 e. The average Bonchev–Trinajstić information content (AvgIpc) is 2.92. The number of aromatic nitrogens is 2. The average molecular weight is 358 g/mol. The third-order valence-corrected chi connectivity index (χ3v) is 5.70. The second-order valence-electron chi connectivity index (χ2n) is 5.47. The van der Waals surface area contributed by atoms with Crippen molar-refractivity contribution in [3.8, 4) is 0 Å². The van der Waals surface area contributed by atoms with Gasteiger partial charge in [0.2, 0.25) is 21.8 Å². The molecule has 130 valence electrons.